The molecule has 0 atom stereocenters. The maximum atomic E-state index is 12.2. The maximum absolute atomic E-state index is 12.2. The van der Waals surface area contributed by atoms with Gasteiger partial charge in [0.1, 0.15) is 4.21 Å². The minimum Gasteiger partial charge on any atom is -0.399 e. The fourth-order valence-corrected chi connectivity index (χ4v) is 4.46. The van der Waals surface area contributed by atoms with E-state index in [2.05, 4.69) is 4.72 Å². The van der Waals surface area contributed by atoms with Crippen molar-refractivity contribution in [1.82, 2.24) is 4.72 Å². The minimum atomic E-state index is -3.55. The first kappa shape index (κ1) is 15.3. The van der Waals surface area contributed by atoms with E-state index in [4.69, 9.17) is 17.3 Å². The summed E-state index contributed by atoms with van der Waals surface area (Å²) < 4.78 is 27.6. The van der Waals surface area contributed by atoms with Crippen molar-refractivity contribution in [2.45, 2.75) is 24.6 Å². The Hall–Kier alpha value is -1.08. The molecule has 0 aliphatic carbocycles. The molecule has 0 unspecified atom stereocenters. The van der Waals surface area contributed by atoms with E-state index in [1.807, 2.05) is 13.0 Å². The van der Waals surface area contributed by atoms with Crippen molar-refractivity contribution in [2.24, 2.45) is 0 Å². The lowest BCUT2D eigenvalue weighted by atomic mass is 10.1. The van der Waals surface area contributed by atoms with Crippen LogP contribution in [-0.4, -0.2) is 8.42 Å². The summed E-state index contributed by atoms with van der Waals surface area (Å²) in [5.74, 6) is 0. The summed E-state index contributed by atoms with van der Waals surface area (Å²) in [6.45, 7) is 3.85. The monoisotopic (exact) mass is 330 g/mol. The van der Waals surface area contributed by atoms with Crippen LogP contribution < -0.4 is 10.5 Å². The van der Waals surface area contributed by atoms with Gasteiger partial charge in [-0.2, -0.15) is 0 Å². The zero-order chi connectivity index (χ0) is 14.9. The van der Waals surface area contributed by atoms with Gasteiger partial charge in [-0.05, 0) is 42.7 Å². The van der Waals surface area contributed by atoms with Crippen molar-refractivity contribution < 1.29 is 8.42 Å². The molecule has 0 radical (unpaired) electrons. The van der Waals surface area contributed by atoms with Crippen LogP contribution in [0.4, 0.5) is 5.69 Å². The third-order valence-corrected chi connectivity index (χ3v) is 6.47. The highest BCUT2D eigenvalue weighted by Crippen LogP contribution is 2.30. The van der Waals surface area contributed by atoms with Gasteiger partial charge in [0.15, 0.2) is 0 Å². The van der Waals surface area contributed by atoms with E-state index in [-0.39, 0.29) is 10.8 Å². The van der Waals surface area contributed by atoms with Gasteiger partial charge in [0.05, 0.1) is 4.34 Å². The number of hydrogen-bond donors (Lipinski definition) is 2. The lowest BCUT2D eigenvalue weighted by Gasteiger charge is -2.09. The molecular formula is C13H15ClN2O2S2. The lowest BCUT2D eigenvalue weighted by Crippen LogP contribution is -2.23. The van der Waals surface area contributed by atoms with Crippen LogP contribution in [0.5, 0.6) is 0 Å². The summed E-state index contributed by atoms with van der Waals surface area (Å²) in [7, 11) is -3.55. The Bertz CT molecular complexity index is 719. The van der Waals surface area contributed by atoms with Crippen molar-refractivity contribution in [3.05, 3.63) is 45.3 Å². The SMILES string of the molecule is Cc1cc(S(=O)(=O)NCc2cccc(N)c2C)sc1Cl. The quantitative estimate of drug-likeness (QED) is 0.846. The van der Waals surface area contributed by atoms with Crippen LogP contribution in [0.15, 0.2) is 28.5 Å². The van der Waals surface area contributed by atoms with Gasteiger partial charge in [-0.15, -0.1) is 11.3 Å². The third-order valence-electron chi connectivity index (χ3n) is 3.04. The van der Waals surface area contributed by atoms with E-state index in [0.29, 0.717) is 10.0 Å². The van der Waals surface area contributed by atoms with Crippen LogP contribution in [0.3, 0.4) is 0 Å². The summed E-state index contributed by atoms with van der Waals surface area (Å²) in [6, 6.07) is 7.01. The smallest absolute Gasteiger partial charge is 0.250 e. The van der Waals surface area contributed by atoms with Gasteiger partial charge >= 0.3 is 0 Å². The minimum absolute atomic E-state index is 0.202. The van der Waals surface area contributed by atoms with Crippen LogP contribution in [0, 0.1) is 13.8 Å². The second-order valence-corrected chi connectivity index (χ2v) is 8.13. The van der Waals surface area contributed by atoms with Gasteiger partial charge in [0.2, 0.25) is 10.0 Å². The largest absolute Gasteiger partial charge is 0.399 e. The van der Waals surface area contributed by atoms with Crippen molar-refractivity contribution >= 4 is 38.6 Å². The van der Waals surface area contributed by atoms with E-state index < -0.39 is 10.0 Å². The number of sulfonamides is 1. The first-order valence-electron chi connectivity index (χ1n) is 5.91. The standard InChI is InChI=1S/C13H15ClN2O2S2/c1-8-6-12(19-13(8)14)20(17,18)16-7-10-4-3-5-11(15)9(10)2/h3-6,16H,7,15H2,1-2H3. The molecule has 7 heteroatoms. The van der Waals surface area contributed by atoms with Crippen LogP contribution in [-0.2, 0) is 16.6 Å². The molecule has 1 aromatic carbocycles. The van der Waals surface area contributed by atoms with Crippen LogP contribution in [0.2, 0.25) is 4.34 Å². The van der Waals surface area contributed by atoms with E-state index in [0.717, 1.165) is 28.0 Å². The Balaban J connectivity index is 2.19. The normalized spacial score (nSPS) is 11.8. The first-order chi connectivity index (χ1) is 9.31. The molecule has 0 saturated heterocycles. The number of rotatable bonds is 4. The van der Waals surface area contributed by atoms with Gasteiger partial charge in [0, 0.05) is 12.2 Å². The van der Waals surface area contributed by atoms with Crippen molar-refractivity contribution in [3.63, 3.8) is 0 Å². The number of nitrogens with two attached hydrogens (primary N) is 1. The molecule has 0 aliphatic heterocycles. The zero-order valence-corrected chi connectivity index (χ0v) is 13.5. The molecule has 2 rings (SSSR count). The van der Waals surface area contributed by atoms with Gasteiger partial charge in [0.25, 0.3) is 0 Å². The Kier molecular flexibility index (Phi) is 4.39. The fourth-order valence-electron chi connectivity index (χ4n) is 1.70. The van der Waals surface area contributed by atoms with Gasteiger partial charge in [-0.3, -0.25) is 0 Å². The Morgan fingerprint density at radius 1 is 1.35 bits per heavy atom. The van der Waals surface area contributed by atoms with Crippen LogP contribution in [0.25, 0.3) is 0 Å². The summed E-state index contributed by atoms with van der Waals surface area (Å²) in [5.41, 5.74) is 8.95. The number of halogens is 1. The van der Waals surface area contributed by atoms with E-state index in [9.17, 15) is 8.42 Å². The molecular weight excluding hydrogens is 316 g/mol. The topological polar surface area (TPSA) is 72.2 Å². The molecule has 0 fully saturated rings. The lowest BCUT2D eigenvalue weighted by molar-refractivity contribution is 0.583. The second kappa shape index (κ2) is 5.73. The van der Waals surface area contributed by atoms with E-state index in [1.54, 1.807) is 25.1 Å². The average molecular weight is 331 g/mol. The predicted molar refractivity (Wildman–Crippen MR) is 83.7 cm³/mol. The molecule has 0 spiro atoms. The molecule has 1 heterocycles. The Morgan fingerprint density at radius 2 is 2.05 bits per heavy atom. The highest BCUT2D eigenvalue weighted by Gasteiger charge is 2.18. The van der Waals surface area contributed by atoms with Gasteiger partial charge in [-0.25, -0.2) is 13.1 Å². The maximum Gasteiger partial charge on any atom is 0.250 e. The molecule has 0 aliphatic rings. The van der Waals surface area contributed by atoms with Gasteiger partial charge in [-0.1, -0.05) is 23.7 Å². The van der Waals surface area contributed by atoms with Crippen molar-refractivity contribution in [1.29, 1.82) is 0 Å². The molecule has 0 amide bonds. The number of benzene rings is 1. The molecule has 0 bridgehead atoms. The van der Waals surface area contributed by atoms with Crippen LogP contribution >= 0.6 is 22.9 Å². The molecule has 2 aromatic rings. The summed E-state index contributed by atoms with van der Waals surface area (Å²) in [5, 5.41) is 0. The number of nitrogens with one attached hydrogen (secondary N) is 1. The van der Waals surface area contributed by atoms with Crippen LogP contribution in [0.1, 0.15) is 16.7 Å². The summed E-state index contributed by atoms with van der Waals surface area (Å²) >= 11 is 6.96. The first-order valence-corrected chi connectivity index (χ1v) is 8.58. The Morgan fingerprint density at radius 3 is 2.65 bits per heavy atom. The number of thiophene rings is 1. The molecule has 0 saturated carbocycles. The number of anilines is 1. The number of hydrogen-bond acceptors (Lipinski definition) is 4. The molecule has 3 N–H and O–H groups in total. The highest BCUT2D eigenvalue weighted by molar-refractivity contribution is 7.91. The highest BCUT2D eigenvalue weighted by atomic mass is 35.5. The van der Waals surface area contributed by atoms with Crippen molar-refractivity contribution in [3.8, 4) is 0 Å². The molecule has 1 aromatic heterocycles. The average Bonchev–Trinajstić information content (AvgIpc) is 2.72. The summed E-state index contributed by atoms with van der Waals surface area (Å²) in [4.78, 5) is 0. The molecule has 20 heavy (non-hydrogen) atoms. The molecule has 4 nitrogen and oxygen atoms in total. The van der Waals surface area contributed by atoms with E-state index >= 15 is 0 Å². The Labute approximate surface area is 127 Å². The summed E-state index contributed by atoms with van der Waals surface area (Å²) in [6.07, 6.45) is 0. The fraction of sp³-hybridized carbons (Fsp3) is 0.231. The predicted octanol–water partition coefficient (Wildman–Crippen LogP) is 3.08. The van der Waals surface area contributed by atoms with Crippen molar-refractivity contribution in [2.75, 3.05) is 5.73 Å². The van der Waals surface area contributed by atoms with Gasteiger partial charge < -0.3 is 5.73 Å². The second-order valence-electron chi connectivity index (χ2n) is 4.48. The number of nitrogen functional groups attached to an aromatic ring is 1. The zero-order valence-electron chi connectivity index (χ0n) is 11.1. The number of aryl methyl sites for hydroxylation is 1. The third kappa shape index (κ3) is 3.15. The van der Waals surface area contributed by atoms with E-state index in [1.165, 1.54) is 0 Å². The molecule has 108 valence electrons.